The molecule has 2 aromatic carbocycles. The number of rotatable bonds is 7. The number of hydrogen-bond donors (Lipinski definition) is 1. The van der Waals surface area contributed by atoms with Gasteiger partial charge in [-0.25, -0.2) is 14.0 Å². The Balaban J connectivity index is 1.22. The van der Waals surface area contributed by atoms with Gasteiger partial charge in [-0.05, 0) is 48.0 Å². The number of carboxylic acid groups (broad SMARTS) is 1. The predicted molar refractivity (Wildman–Crippen MR) is 120 cm³/mol. The summed E-state index contributed by atoms with van der Waals surface area (Å²) in [4.78, 5) is 28.7. The highest BCUT2D eigenvalue weighted by molar-refractivity contribution is 5.87. The lowest BCUT2D eigenvalue weighted by atomic mass is 10.1. The van der Waals surface area contributed by atoms with Crippen molar-refractivity contribution in [1.82, 2.24) is 9.88 Å². The molecule has 0 spiro atoms. The highest BCUT2D eigenvalue weighted by Gasteiger charge is 2.25. The number of benzene rings is 2. The largest absolute Gasteiger partial charge is 0.490 e. The van der Waals surface area contributed by atoms with Gasteiger partial charge in [-0.3, -0.25) is 4.98 Å². The number of pyridine rings is 1. The van der Waals surface area contributed by atoms with Crippen LogP contribution in [0.25, 0.3) is 0 Å². The van der Waals surface area contributed by atoms with Crippen molar-refractivity contribution in [3.63, 3.8) is 0 Å². The van der Waals surface area contributed by atoms with Crippen molar-refractivity contribution in [2.24, 2.45) is 0 Å². The highest BCUT2D eigenvalue weighted by atomic mass is 19.1. The molecular formula is C25H23FN2O6. The Labute approximate surface area is 195 Å². The van der Waals surface area contributed by atoms with Gasteiger partial charge < -0.3 is 24.2 Å². The Bertz CT molecular complexity index is 1150. The van der Waals surface area contributed by atoms with Crippen molar-refractivity contribution in [3.8, 4) is 17.2 Å². The van der Waals surface area contributed by atoms with Gasteiger partial charge >= 0.3 is 12.1 Å². The van der Waals surface area contributed by atoms with Crippen LogP contribution in [-0.2, 0) is 6.61 Å². The summed E-state index contributed by atoms with van der Waals surface area (Å²) < 4.78 is 30.2. The summed E-state index contributed by atoms with van der Waals surface area (Å²) >= 11 is 0. The smallest absolute Gasteiger partial charge is 0.415 e. The molecule has 176 valence electrons. The van der Waals surface area contributed by atoms with E-state index < -0.39 is 12.1 Å². The van der Waals surface area contributed by atoms with E-state index in [4.69, 9.17) is 19.3 Å². The minimum atomic E-state index is -1.14. The van der Waals surface area contributed by atoms with Gasteiger partial charge in [0.15, 0.2) is 5.75 Å². The Morgan fingerprint density at radius 1 is 1.00 bits per heavy atom. The van der Waals surface area contributed by atoms with Gasteiger partial charge in [0.1, 0.15) is 30.0 Å². The first kappa shape index (κ1) is 23.0. The zero-order valence-corrected chi connectivity index (χ0v) is 18.2. The van der Waals surface area contributed by atoms with Gasteiger partial charge in [-0.15, -0.1) is 0 Å². The first-order chi connectivity index (χ1) is 16.5. The minimum absolute atomic E-state index is 0.0530. The van der Waals surface area contributed by atoms with E-state index in [0.29, 0.717) is 37.4 Å². The van der Waals surface area contributed by atoms with Crippen LogP contribution in [0.2, 0.25) is 0 Å². The van der Waals surface area contributed by atoms with E-state index in [2.05, 4.69) is 4.98 Å². The number of carboxylic acids is 1. The van der Waals surface area contributed by atoms with E-state index in [1.54, 1.807) is 29.2 Å². The van der Waals surface area contributed by atoms with Crippen molar-refractivity contribution >= 4 is 12.1 Å². The molecule has 1 aliphatic heterocycles. The standard InChI is InChI=1S/C25H23FN2O6/c26-19-3-1-2-17(12-19)16-32-20-4-6-21(7-5-20)33-22-8-10-28(11-9-22)25(31)34-23-13-18(24(29)30)14-27-15-23/h1-7,12-15,22H,8-11,16H2,(H,29,30). The summed E-state index contributed by atoms with van der Waals surface area (Å²) in [6, 6.07) is 14.7. The molecule has 1 fully saturated rings. The average molecular weight is 466 g/mol. The van der Waals surface area contributed by atoms with Crippen LogP contribution in [0.15, 0.2) is 67.0 Å². The van der Waals surface area contributed by atoms with Crippen LogP contribution in [0.4, 0.5) is 9.18 Å². The second-order valence-corrected chi connectivity index (χ2v) is 7.78. The van der Waals surface area contributed by atoms with Crippen LogP contribution in [0.3, 0.4) is 0 Å². The van der Waals surface area contributed by atoms with E-state index in [-0.39, 0.29) is 29.8 Å². The summed E-state index contributed by atoms with van der Waals surface area (Å²) in [5.41, 5.74) is 0.694. The number of ether oxygens (including phenoxy) is 3. The second kappa shape index (κ2) is 10.7. The number of carbonyl (C=O) groups excluding carboxylic acids is 1. The van der Waals surface area contributed by atoms with Crippen LogP contribution in [0.5, 0.6) is 17.2 Å². The molecule has 34 heavy (non-hydrogen) atoms. The van der Waals surface area contributed by atoms with E-state index >= 15 is 0 Å². The third kappa shape index (κ3) is 6.22. The zero-order chi connectivity index (χ0) is 23.9. The molecule has 0 radical (unpaired) electrons. The number of piperidine rings is 1. The van der Waals surface area contributed by atoms with Gasteiger partial charge in [-0.2, -0.15) is 0 Å². The summed E-state index contributed by atoms with van der Waals surface area (Å²) in [7, 11) is 0. The monoisotopic (exact) mass is 466 g/mol. The maximum Gasteiger partial charge on any atom is 0.415 e. The highest BCUT2D eigenvalue weighted by Crippen LogP contribution is 2.23. The number of aromatic carboxylic acids is 1. The lowest BCUT2D eigenvalue weighted by molar-refractivity contribution is 0.0694. The van der Waals surface area contributed by atoms with Crippen LogP contribution in [0, 0.1) is 5.82 Å². The molecule has 1 aliphatic rings. The fourth-order valence-electron chi connectivity index (χ4n) is 3.51. The Hall–Kier alpha value is -4.14. The summed E-state index contributed by atoms with van der Waals surface area (Å²) in [6.07, 6.45) is 3.13. The molecule has 1 amide bonds. The second-order valence-electron chi connectivity index (χ2n) is 7.78. The SMILES string of the molecule is O=C(O)c1cncc(OC(=O)N2CCC(Oc3ccc(OCc4cccc(F)c4)cc3)CC2)c1. The Morgan fingerprint density at radius 2 is 1.74 bits per heavy atom. The molecule has 0 saturated carbocycles. The molecule has 0 aliphatic carbocycles. The topological polar surface area (TPSA) is 98.2 Å². The number of hydrogen-bond acceptors (Lipinski definition) is 6. The van der Waals surface area contributed by atoms with Crippen LogP contribution in [-0.4, -0.2) is 46.2 Å². The Kier molecular flexibility index (Phi) is 7.22. The third-order valence-electron chi connectivity index (χ3n) is 5.29. The van der Waals surface area contributed by atoms with E-state index in [9.17, 15) is 14.0 Å². The van der Waals surface area contributed by atoms with Crippen LogP contribution in [0.1, 0.15) is 28.8 Å². The number of amides is 1. The molecular weight excluding hydrogens is 443 g/mol. The normalized spacial score (nSPS) is 13.9. The molecule has 9 heteroatoms. The molecule has 1 N–H and O–H groups in total. The van der Waals surface area contributed by atoms with Crippen molar-refractivity contribution in [2.75, 3.05) is 13.1 Å². The van der Waals surface area contributed by atoms with Gasteiger partial charge in [0.2, 0.25) is 0 Å². The van der Waals surface area contributed by atoms with Crippen molar-refractivity contribution in [3.05, 3.63) is 83.9 Å². The number of halogens is 1. The van der Waals surface area contributed by atoms with Gasteiger partial charge in [-0.1, -0.05) is 12.1 Å². The van der Waals surface area contributed by atoms with Gasteiger partial charge in [0, 0.05) is 32.1 Å². The molecule has 2 heterocycles. The zero-order valence-electron chi connectivity index (χ0n) is 18.2. The molecule has 0 atom stereocenters. The molecule has 1 aromatic heterocycles. The molecule has 0 unspecified atom stereocenters. The van der Waals surface area contributed by atoms with Crippen LogP contribution >= 0.6 is 0 Å². The summed E-state index contributed by atoms with van der Waals surface area (Å²) in [5.74, 6) is -0.0163. The molecule has 1 saturated heterocycles. The number of aromatic nitrogens is 1. The summed E-state index contributed by atoms with van der Waals surface area (Å²) in [6.45, 7) is 1.16. The van der Waals surface area contributed by atoms with E-state index in [1.807, 2.05) is 12.1 Å². The first-order valence-electron chi connectivity index (χ1n) is 10.8. The van der Waals surface area contributed by atoms with E-state index in [0.717, 1.165) is 5.56 Å². The predicted octanol–water partition coefficient (Wildman–Crippen LogP) is 4.54. The van der Waals surface area contributed by atoms with Gasteiger partial charge in [0.25, 0.3) is 0 Å². The molecule has 8 nitrogen and oxygen atoms in total. The lowest BCUT2D eigenvalue weighted by Gasteiger charge is -2.31. The van der Waals surface area contributed by atoms with Crippen molar-refractivity contribution in [1.29, 1.82) is 0 Å². The first-order valence-corrected chi connectivity index (χ1v) is 10.8. The summed E-state index contributed by atoms with van der Waals surface area (Å²) in [5, 5.41) is 9.02. The van der Waals surface area contributed by atoms with Crippen LogP contribution < -0.4 is 14.2 Å². The molecule has 3 aromatic rings. The third-order valence-corrected chi connectivity index (χ3v) is 5.29. The molecule has 0 bridgehead atoms. The maximum absolute atomic E-state index is 13.3. The Morgan fingerprint density at radius 3 is 2.44 bits per heavy atom. The number of nitrogens with zero attached hydrogens (tertiary/aromatic N) is 2. The maximum atomic E-state index is 13.3. The minimum Gasteiger partial charge on any atom is -0.490 e. The number of likely N-dealkylation sites (tertiary alicyclic amines) is 1. The molecule has 4 rings (SSSR count). The van der Waals surface area contributed by atoms with Gasteiger partial charge in [0.05, 0.1) is 11.8 Å². The fourth-order valence-corrected chi connectivity index (χ4v) is 3.51. The van der Waals surface area contributed by atoms with Crippen molar-refractivity contribution < 1.29 is 33.3 Å². The lowest BCUT2D eigenvalue weighted by Crippen LogP contribution is -2.43. The van der Waals surface area contributed by atoms with E-state index in [1.165, 1.54) is 30.6 Å². The quantitative estimate of drug-likeness (QED) is 0.546. The van der Waals surface area contributed by atoms with Crippen molar-refractivity contribution in [2.45, 2.75) is 25.6 Å². The average Bonchev–Trinajstić information content (AvgIpc) is 2.84. The fraction of sp³-hybridized carbons (Fsp3) is 0.240. The number of carbonyl (C=O) groups is 2.